The third-order valence-electron chi connectivity index (χ3n) is 5.48. The highest BCUT2D eigenvalue weighted by molar-refractivity contribution is 7.23. The number of amides is 1. The van der Waals surface area contributed by atoms with Crippen molar-refractivity contribution >= 4 is 38.4 Å². The van der Waals surface area contributed by atoms with Crippen molar-refractivity contribution in [3.05, 3.63) is 35.8 Å². The maximum Gasteiger partial charge on any atom is 0.257 e. The summed E-state index contributed by atoms with van der Waals surface area (Å²) in [6.45, 7) is 9.65. The van der Waals surface area contributed by atoms with Crippen molar-refractivity contribution < 1.29 is 14.3 Å². The van der Waals surface area contributed by atoms with Gasteiger partial charge in [0.15, 0.2) is 10.9 Å². The SMILES string of the molecule is CCN(CC)Cc1cc(C(=O)Nc2nc3c(OC)cnc(N4CCOCC4)c3s2)ccn1. The van der Waals surface area contributed by atoms with E-state index in [4.69, 9.17) is 9.47 Å². The first-order valence-electron chi connectivity index (χ1n) is 10.8. The van der Waals surface area contributed by atoms with Crippen LogP contribution < -0.4 is 15.0 Å². The maximum atomic E-state index is 12.9. The summed E-state index contributed by atoms with van der Waals surface area (Å²) in [6, 6.07) is 3.55. The molecular weight excluding hydrogens is 428 g/mol. The number of carbonyl (C=O) groups excluding carboxylic acids is 1. The van der Waals surface area contributed by atoms with Crippen LogP contribution in [0.5, 0.6) is 5.75 Å². The molecule has 4 rings (SSSR count). The van der Waals surface area contributed by atoms with Crippen molar-refractivity contribution in [3.8, 4) is 5.75 Å². The summed E-state index contributed by atoms with van der Waals surface area (Å²) in [7, 11) is 1.59. The summed E-state index contributed by atoms with van der Waals surface area (Å²) >= 11 is 1.40. The number of fused-ring (bicyclic) bond motifs is 1. The van der Waals surface area contributed by atoms with Crippen LogP contribution in [0.1, 0.15) is 29.9 Å². The number of hydrogen-bond acceptors (Lipinski definition) is 9. The van der Waals surface area contributed by atoms with Gasteiger partial charge in [-0.05, 0) is 25.2 Å². The van der Waals surface area contributed by atoms with Gasteiger partial charge in [-0.25, -0.2) is 9.97 Å². The Bertz CT molecular complexity index is 1080. The summed E-state index contributed by atoms with van der Waals surface area (Å²) in [5.41, 5.74) is 2.12. The first kappa shape index (κ1) is 22.4. The number of thiazole rings is 1. The molecule has 0 unspecified atom stereocenters. The molecule has 32 heavy (non-hydrogen) atoms. The Kier molecular flexibility index (Phi) is 7.13. The van der Waals surface area contributed by atoms with Crippen molar-refractivity contribution in [1.29, 1.82) is 0 Å². The normalized spacial score (nSPS) is 14.2. The Morgan fingerprint density at radius 2 is 2.06 bits per heavy atom. The van der Waals surface area contributed by atoms with E-state index in [-0.39, 0.29) is 5.91 Å². The van der Waals surface area contributed by atoms with Gasteiger partial charge in [-0.2, -0.15) is 0 Å². The molecule has 10 heteroatoms. The number of rotatable bonds is 8. The van der Waals surface area contributed by atoms with Gasteiger partial charge in [-0.1, -0.05) is 25.2 Å². The first-order valence-corrected chi connectivity index (χ1v) is 11.6. The van der Waals surface area contributed by atoms with Crippen LogP contribution >= 0.6 is 11.3 Å². The summed E-state index contributed by atoms with van der Waals surface area (Å²) in [5.74, 6) is 1.21. The van der Waals surface area contributed by atoms with E-state index < -0.39 is 0 Å². The molecular formula is C22H28N6O3S. The average molecular weight is 457 g/mol. The molecule has 3 aromatic heterocycles. The highest BCUT2D eigenvalue weighted by Gasteiger charge is 2.21. The van der Waals surface area contributed by atoms with Gasteiger partial charge >= 0.3 is 0 Å². The maximum absolute atomic E-state index is 12.9. The van der Waals surface area contributed by atoms with Gasteiger partial charge in [0.1, 0.15) is 16.0 Å². The van der Waals surface area contributed by atoms with Crippen LogP contribution in [0.2, 0.25) is 0 Å². The molecule has 0 radical (unpaired) electrons. The Morgan fingerprint density at radius 3 is 2.78 bits per heavy atom. The van der Waals surface area contributed by atoms with Crippen LogP contribution in [0.15, 0.2) is 24.5 Å². The van der Waals surface area contributed by atoms with Gasteiger partial charge in [0.05, 0.1) is 32.2 Å². The van der Waals surface area contributed by atoms with E-state index in [0.717, 1.165) is 42.4 Å². The van der Waals surface area contributed by atoms with E-state index in [9.17, 15) is 4.79 Å². The lowest BCUT2D eigenvalue weighted by Crippen LogP contribution is -2.36. The number of morpholine rings is 1. The molecule has 0 saturated carbocycles. The quantitative estimate of drug-likeness (QED) is 0.553. The predicted octanol–water partition coefficient (Wildman–Crippen LogP) is 3.03. The van der Waals surface area contributed by atoms with Crippen molar-refractivity contribution in [2.45, 2.75) is 20.4 Å². The number of nitrogens with one attached hydrogen (secondary N) is 1. The Labute approximate surface area is 191 Å². The molecule has 4 heterocycles. The third kappa shape index (κ3) is 4.82. The van der Waals surface area contributed by atoms with Gasteiger partial charge in [0.25, 0.3) is 5.91 Å². The van der Waals surface area contributed by atoms with Crippen LogP contribution in [0.3, 0.4) is 0 Å². The minimum Gasteiger partial charge on any atom is -0.493 e. The lowest BCUT2D eigenvalue weighted by atomic mass is 10.2. The number of anilines is 2. The zero-order chi connectivity index (χ0) is 22.5. The van der Waals surface area contributed by atoms with Gasteiger partial charge in [0.2, 0.25) is 0 Å². The Morgan fingerprint density at radius 1 is 1.28 bits per heavy atom. The second kappa shape index (κ2) is 10.2. The van der Waals surface area contributed by atoms with Crippen molar-refractivity contribution in [2.24, 2.45) is 0 Å². The standard InChI is InChI=1S/C22H28N6O3S/c1-4-27(5-2)14-16-12-15(6-7-23-16)21(29)26-22-25-18-17(30-3)13-24-20(19(18)32-22)28-8-10-31-11-9-28/h6-7,12-13H,4-5,8-11,14H2,1-3H3,(H,25,26,29). The molecule has 3 aromatic rings. The minimum absolute atomic E-state index is 0.216. The third-order valence-corrected chi connectivity index (χ3v) is 6.44. The van der Waals surface area contributed by atoms with Crippen molar-refractivity contribution in [3.63, 3.8) is 0 Å². The number of hydrogen-bond donors (Lipinski definition) is 1. The second-order valence-corrected chi connectivity index (χ2v) is 8.40. The van der Waals surface area contributed by atoms with Crippen molar-refractivity contribution in [2.75, 3.05) is 56.7 Å². The Hall–Kier alpha value is -2.82. The number of carbonyl (C=O) groups is 1. The summed E-state index contributed by atoms with van der Waals surface area (Å²) < 4.78 is 11.8. The van der Waals surface area contributed by atoms with E-state index in [0.29, 0.717) is 41.7 Å². The number of methoxy groups -OCH3 is 1. The lowest BCUT2D eigenvalue weighted by Gasteiger charge is -2.28. The summed E-state index contributed by atoms with van der Waals surface area (Å²) in [6.07, 6.45) is 3.36. The number of pyridine rings is 2. The molecule has 1 N–H and O–H groups in total. The zero-order valence-corrected chi connectivity index (χ0v) is 19.4. The molecule has 9 nitrogen and oxygen atoms in total. The molecule has 170 valence electrons. The van der Waals surface area contributed by atoms with E-state index in [1.54, 1.807) is 25.6 Å². The molecule has 1 aliphatic heterocycles. The molecule has 0 bridgehead atoms. The highest BCUT2D eigenvalue weighted by Crippen LogP contribution is 2.38. The number of aromatic nitrogens is 3. The van der Waals surface area contributed by atoms with Gasteiger partial charge < -0.3 is 14.4 Å². The van der Waals surface area contributed by atoms with Crippen molar-refractivity contribution in [1.82, 2.24) is 19.9 Å². The van der Waals surface area contributed by atoms with E-state index in [1.807, 2.05) is 6.07 Å². The lowest BCUT2D eigenvalue weighted by molar-refractivity contribution is 0.102. The molecule has 1 fully saturated rings. The molecule has 1 aliphatic rings. The fourth-order valence-corrected chi connectivity index (χ4v) is 4.62. The van der Waals surface area contributed by atoms with Gasteiger partial charge in [0, 0.05) is 31.4 Å². The smallest absolute Gasteiger partial charge is 0.257 e. The molecule has 0 aromatic carbocycles. The van der Waals surface area contributed by atoms with E-state index >= 15 is 0 Å². The van der Waals surface area contributed by atoms with E-state index in [2.05, 4.69) is 43.9 Å². The van der Waals surface area contributed by atoms with Gasteiger partial charge in [-0.15, -0.1) is 0 Å². The fourth-order valence-electron chi connectivity index (χ4n) is 3.63. The largest absolute Gasteiger partial charge is 0.493 e. The highest BCUT2D eigenvalue weighted by atomic mass is 32.1. The molecule has 1 saturated heterocycles. The second-order valence-electron chi connectivity index (χ2n) is 7.40. The van der Waals surface area contributed by atoms with Crippen LogP contribution in [-0.4, -0.2) is 72.3 Å². The monoisotopic (exact) mass is 456 g/mol. The number of ether oxygens (including phenoxy) is 2. The average Bonchev–Trinajstić information content (AvgIpc) is 3.26. The Balaban J connectivity index is 1.58. The topological polar surface area (TPSA) is 92.7 Å². The van der Waals surface area contributed by atoms with Crippen LogP contribution in [0.25, 0.3) is 10.2 Å². The molecule has 1 amide bonds. The molecule has 0 atom stereocenters. The van der Waals surface area contributed by atoms with Crippen LogP contribution in [-0.2, 0) is 11.3 Å². The molecule has 0 aliphatic carbocycles. The first-order chi connectivity index (χ1) is 15.6. The molecule has 0 spiro atoms. The van der Waals surface area contributed by atoms with Crippen LogP contribution in [0.4, 0.5) is 10.9 Å². The minimum atomic E-state index is -0.216. The number of nitrogens with zero attached hydrogens (tertiary/aromatic N) is 5. The summed E-state index contributed by atoms with van der Waals surface area (Å²) in [4.78, 5) is 31.0. The predicted molar refractivity (Wildman–Crippen MR) is 126 cm³/mol. The fraction of sp³-hybridized carbons (Fsp3) is 0.455. The van der Waals surface area contributed by atoms with Crippen LogP contribution in [0, 0.1) is 0 Å². The van der Waals surface area contributed by atoms with Gasteiger partial charge in [-0.3, -0.25) is 20.0 Å². The zero-order valence-electron chi connectivity index (χ0n) is 18.6. The summed E-state index contributed by atoms with van der Waals surface area (Å²) in [5, 5.41) is 3.45. The van der Waals surface area contributed by atoms with E-state index in [1.165, 1.54) is 11.3 Å².